The molecule has 0 fully saturated rings. The molecule has 0 bridgehead atoms. The summed E-state index contributed by atoms with van der Waals surface area (Å²) in [5, 5.41) is 14.1. The first-order chi connectivity index (χ1) is 11.6. The number of aromatic nitrogens is 3. The van der Waals surface area contributed by atoms with Crippen molar-refractivity contribution in [3.8, 4) is 0 Å². The maximum Gasteiger partial charge on any atom is 0.315 e. The van der Waals surface area contributed by atoms with Crippen LogP contribution < -0.4 is 10.6 Å². The van der Waals surface area contributed by atoms with Gasteiger partial charge in [0.15, 0.2) is 0 Å². The quantitative estimate of drug-likeness (QED) is 0.751. The van der Waals surface area contributed by atoms with E-state index in [1.54, 1.807) is 0 Å². The molecule has 0 saturated heterocycles. The van der Waals surface area contributed by atoms with Gasteiger partial charge in [0.1, 0.15) is 0 Å². The standard InChI is InChI=1S/C17H25N5OS/c1-11(9-13-10-12(2)21-22-13)19-17(23)18-8-7-16-20-14-5-3-4-6-15(14)24-16/h10-11H,3-9H2,1-2H3,(H,21,22)(H2,18,19,23)/t11-/m1/s1. The van der Waals surface area contributed by atoms with Gasteiger partial charge in [0.2, 0.25) is 0 Å². The molecule has 3 N–H and O–H groups in total. The third-order valence-electron chi connectivity index (χ3n) is 4.17. The van der Waals surface area contributed by atoms with Gasteiger partial charge in [-0.05, 0) is 45.6 Å². The van der Waals surface area contributed by atoms with E-state index in [2.05, 4.69) is 20.8 Å². The van der Waals surface area contributed by atoms with Crippen molar-refractivity contribution in [3.63, 3.8) is 0 Å². The van der Waals surface area contributed by atoms with Crippen LogP contribution in [0.3, 0.4) is 0 Å². The summed E-state index contributed by atoms with van der Waals surface area (Å²) < 4.78 is 0. The smallest absolute Gasteiger partial charge is 0.315 e. The molecule has 0 spiro atoms. The van der Waals surface area contributed by atoms with Crippen molar-refractivity contribution in [2.45, 2.75) is 58.4 Å². The summed E-state index contributed by atoms with van der Waals surface area (Å²) in [6.07, 6.45) is 6.34. The van der Waals surface area contributed by atoms with Crippen LogP contribution in [-0.2, 0) is 25.7 Å². The Bertz CT molecular complexity index is 669. The Morgan fingerprint density at radius 2 is 2.25 bits per heavy atom. The molecule has 0 saturated carbocycles. The van der Waals surface area contributed by atoms with E-state index in [1.807, 2.05) is 31.3 Å². The molecule has 0 aliphatic heterocycles. The molecule has 2 amide bonds. The van der Waals surface area contributed by atoms with Gasteiger partial charge in [-0.3, -0.25) is 5.10 Å². The van der Waals surface area contributed by atoms with E-state index in [0.29, 0.717) is 6.54 Å². The summed E-state index contributed by atoms with van der Waals surface area (Å²) in [6, 6.07) is 1.91. The molecule has 0 unspecified atom stereocenters. The molecule has 130 valence electrons. The molecular weight excluding hydrogens is 322 g/mol. The van der Waals surface area contributed by atoms with Crippen LogP contribution in [0.5, 0.6) is 0 Å². The number of thiazole rings is 1. The van der Waals surface area contributed by atoms with Crippen molar-refractivity contribution in [3.05, 3.63) is 33.0 Å². The van der Waals surface area contributed by atoms with Crippen LogP contribution in [0.1, 0.15) is 46.7 Å². The first kappa shape index (κ1) is 17.0. The minimum Gasteiger partial charge on any atom is -0.338 e. The Morgan fingerprint density at radius 1 is 1.42 bits per heavy atom. The molecule has 0 aromatic carbocycles. The second-order valence-electron chi connectivity index (χ2n) is 6.48. The van der Waals surface area contributed by atoms with Crippen molar-refractivity contribution in [2.75, 3.05) is 6.54 Å². The third-order valence-corrected chi connectivity index (χ3v) is 5.38. The Labute approximate surface area is 146 Å². The Kier molecular flexibility index (Phi) is 5.50. The SMILES string of the molecule is Cc1cc(C[C@@H](C)NC(=O)NCCc2nc3c(s2)CCCC3)n[nH]1. The van der Waals surface area contributed by atoms with Gasteiger partial charge < -0.3 is 10.6 Å². The second kappa shape index (κ2) is 7.79. The number of nitrogens with one attached hydrogen (secondary N) is 3. The number of hydrogen-bond donors (Lipinski definition) is 3. The number of amides is 2. The zero-order chi connectivity index (χ0) is 16.9. The van der Waals surface area contributed by atoms with E-state index >= 15 is 0 Å². The largest absolute Gasteiger partial charge is 0.338 e. The number of fused-ring (bicyclic) bond motifs is 1. The van der Waals surface area contributed by atoms with Gasteiger partial charge in [-0.2, -0.15) is 5.10 Å². The lowest BCUT2D eigenvalue weighted by Gasteiger charge is -2.13. The average Bonchev–Trinajstić information content (AvgIpc) is 3.12. The molecule has 1 atom stereocenters. The number of aryl methyl sites for hydroxylation is 3. The first-order valence-corrected chi connectivity index (χ1v) is 9.44. The van der Waals surface area contributed by atoms with Gasteiger partial charge >= 0.3 is 6.03 Å². The number of nitrogens with zero attached hydrogens (tertiary/aromatic N) is 2. The molecule has 1 aliphatic carbocycles. The van der Waals surface area contributed by atoms with Gasteiger partial charge in [0.25, 0.3) is 0 Å². The highest BCUT2D eigenvalue weighted by atomic mass is 32.1. The lowest BCUT2D eigenvalue weighted by atomic mass is 10.0. The highest BCUT2D eigenvalue weighted by Gasteiger charge is 2.15. The van der Waals surface area contributed by atoms with Crippen molar-refractivity contribution in [2.24, 2.45) is 0 Å². The predicted molar refractivity (Wildman–Crippen MR) is 95.5 cm³/mol. The van der Waals surface area contributed by atoms with Crippen molar-refractivity contribution < 1.29 is 4.79 Å². The molecule has 1 aliphatic rings. The molecule has 0 radical (unpaired) electrons. The van der Waals surface area contributed by atoms with Crippen LogP contribution in [0.25, 0.3) is 0 Å². The first-order valence-electron chi connectivity index (χ1n) is 8.63. The van der Waals surface area contributed by atoms with Crippen molar-refractivity contribution in [1.82, 2.24) is 25.8 Å². The minimum atomic E-state index is -0.129. The number of hydrogen-bond acceptors (Lipinski definition) is 4. The number of carbonyl (C=O) groups is 1. The fraction of sp³-hybridized carbons (Fsp3) is 0.588. The lowest BCUT2D eigenvalue weighted by molar-refractivity contribution is 0.238. The fourth-order valence-electron chi connectivity index (χ4n) is 3.01. The van der Waals surface area contributed by atoms with Crippen LogP contribution >= 0.6 is 11.3 Å². The highest BCUT2D eigenvalue weighted by Crippen LogP contribution is 2.26. The van der Waals surface area contributed by atoms with Crippen LogP contribution in [0, 0.1) is 6.92 Å². The molecule has 24 heavy (non-hydrogen) atoms. The van der Waals surface area contributed by atoms with Crippen LogP contribution in [-0.4, -0.2) is 33.8 Å². The van der Waals surface area contributed by atoms with Crippen LogP contribution in [0.4, 0.5) is 4.79 Å². The third kappa shape index (κ3) is 4.56. The second-order valence-corrected chi connectivity index (χ2v) is 7.65. The number of aromatic amines is 1. The van der Waals surface area contributed by atoms with Crippen LogP contribution in [0.2, 0.25) is 0 Å². The van der Waals surface area contributed by atoms with Gasteiger partial charge in [-0.25, -0.2) is 9.78 Å². The topological polar surface area (TPSA) is 82.7 Å². The summed E-state index contributed by atoms with van der Waals surface area (Å²) in [5.74, 6) is 0. The molecule has 2 aromatic heterocycles. The zero-order valence-electron chi connectivity index (χ0n) is 14.3. The normalized spacial score (nSPS) is 14.9. The Hall–Kier alpha value is -1.89. The number of urea groups is 1. The monoisotopic (exact) mass is 347 g/mol. The van der Waals surface area contributed by atoms with Gasteiger partial charge in [-0.15, -0.1) is 11.3 Å². The molecular formula is C17H25N5OS. The molecule has 6 nitrogen and oxygen atoms in total. The zero-order valence-corrected chi connectivity index (χ0v) is 15.1. The summed E-state index contributed by atoms with van der Waals surface area (Å²) in [6.45, 7) is 4.57. The van der Waals surface area contributed by atoms with E-state index in [0.717, 1.165) is 35.7 Å². The van der Waals surface area contributed by atoms with Gasteiger partial charge in [0.05, 0.1) is 16.4 Å². The summed E-state index contributed by atoms with van der Waals surface area (Å²) >= 11 is 1.81. The maximum atomic E-state index is 12.0. The van der Waals surface area contributed by atoms with Gasteiger partial charge in [0, 0.05) is 36.0 Å². The molecule has 7 heteroatoms. The lowest BCUT2D eigenvalue weighted by Crippen LogP contribution is -2.42. The summed E-state index contributed by atoms with van der Waals surface area (Å²) in [5.41, 5.74) is 3.29. The van der Waals surface area contributed by atoms with E-state index in [9.17, 15) is 4.79 Å². The summed E-state index contributed by atoms with van der Waals surface area (Å²) in [7, 11) is 0. The Morgan fingerprint density at radius 3 is 3.00 bits per heavy atom. The van der Waals surface area contributed by atoms with Gasteiger partial charge in [-0.1, -0.05) is 0 Å². The fourth-order valence-corrected chi connectivity index (χ4v) is 4.17. The van der Waals surface area contributed by atoms with E-state index in [4.69, 9.17) is 4.98 Å². The number of H-pyrrole nitrogens is 1. The highest BCUT2D eigenvalue weighted by molar-refractivity contribution is 7.11. The van der Waals surface area contributed by atoms with Crippen molar-refractivity contribution >= 4 is 17.4 Å². The predicted octanol–water partition coefficient (Wildman–Crippen LogP) is 2.53. The number of carbonyl (C=O) groups excluding carboxylic acids is 1. The van der Waals surface area contributed by atoms with Crippen LogP contribution in [0.15, 0.2) is 6.07 Å². The van der Waals surface area contributed by atoms with E-state index in [-0.39, 0.29) is 12.1 Å². The molecule has 2 aromatic rings. The molecule has 2 heterocycles. The number of rotatable bonds is 6. The minimum absolute atomic E-state index is 0.0416. The maximum absolute atomic E-state index is 12.0. The Balaban J connectivity index is 1.38. The summed E-state index contributed by atoms with van der Waals surface area (Å²) in [4.78, 5) is 18.1. The average molecular weight is 347 g/mol. The van der Waals surface area contributed by atoms with E-state index < -0.39 is 0 Å². The molecule has 3 rings (SSSR count). The van der Waals surface area contributed by atoms with Crippen molar-refractivity contribution in [1.29, 1.82) is 0 Å². The van der Waals surface area contributed by atoms with E-state index in [1.165, 1.54) is 29.8 Å².